The van der Waals surface area contributed by atoms with Crippen molar-refractivity contribution in [2.24, 2.45) is 0 Å². The van der Waals surface area contributed by atoms with Crippen molar-refractivity contribution in [3.8, 4) is 0 Å². The Bertz CT molecular complexity index is 37.3. The second-order valence-corrected chi connectivity index (χ2v) is 10.6. The van der Waals surface area contributed by atoms with Crippen LogP contribution in [0.5, 0.6) is 0 Å². The zero-order chi connectivity index (χ0) is 5.21. The number of rotatable bonds is 1. The van der Waals surface area contributed by atoms with E-state index in [1.165, 1.54) is 0 Å². The van der Waals surface area contributed by atoms with E-state index in [0.717, 1.165) is 0 Å². The van der Waals surface area contributed by atoms with Crippen LogP contribution in [0.15, 0.2) is 0 Å². The minimum Gasteiger partial charge on any atom is -0.143 e. The van der Waals surface area contributed by atoms with Gasteiger partial charge in [-0.05, 0) is 26.3 Å². The SMILES string of the molecule is CS[P](C)(C)C. The molecule has 6 heavy (non-hydrogen) atoms. The summed E-state index contributed by atoms with van der Waals surface area (Å²) < 4.78 is 0. The zero-order valence-electron chi connectivity index (χ0n) is 4.86. The topological polar surface area (TPSA) is 0 Å². The van der Waals surface area contributed by atoms with Crippen molar-refractivity contribution in [2.45, 2.75) is 0 Å². The highest BCUT2D eigenvalue weighted by Crippen LogP contribution is 2.58. The fourth-order valence-corrected chi connectivity index (χ4v) is 0. The van der Waals surface area contributed by atoms with E-state index in [9.17, 15) is 0 Å². The summed E-state index contributed by atoms with van der Waals surface area (Å²) in [7, 11) is 0. The van der Waals surface area contributed by atoms with Gasteiger partial charge in [0.25, 0.3) is 0 Å². The molecule has 1 radical (unpaired) electrons. The van der Waals surface area contributed by atoms with Crippen molar-refractivity contribution < 1.29 is 0 Å². The Labute approximate surface area is 44.8 Å². The highest BCUT2D eigenvalue weighted by Gasteiger charge is 2.00. The molecule has 0 bridgehead atoms. The monoisotopic (exact) mass is 123 g/mol. The van der Waals surface area contributed by atoms with Crippen molar-refractivity contribution in [3.63, 3.8) is 0 Å². The third-order valence-corrected chi connectivity index (χ3v) is 4.93. The third-order valence-electron chi connectivity index (χ3n) is 0.548. The summed E-state index contributed by atoms with van der Waals surface area (Å²) in [5, 5.41) is 0. The van der Waals surface area contributed by atoms with Crippen molar-refractivity contribution >= 4 is 17.8 Å². The second kappa shape index (κ2) is 2.18. The van der Waals surface area contributed by atoms with Crippen LogP contribution >= 0.6 is 17.8 Å². The molecular weight excluding hydrogens is 111 g/mol. The average Bonchev–Trinajstić information content (AvgIpc) is 1.35. The van der Waals surface area contributed by atoms with E-state index in [4.69, 9.17) is 0 Å². The van der Waals surface area contributed by atoms with Gasteiger partial charge in [0.05, 0.1) is 0 Å². The molecule has 0 aliphatic carbocycles. The Hall–Kier alpha value is 0.780. The molecular formula is C4H12PS. The van der Waals surface area contributed by atoms with Crippen LogP contribution in [0.2, 0.25) is 0 Å². The smallest absolute Gasteiger partial charge is 0.0146 e. The minimum atomic E-state index is -0.480. The van der Waals surface area contributed by atoms with Gasteiger partial charge in [0, 0.05) is 0 Å². The van der Waals surface area contributed by atoms with E-state index in [1.807, 2.05) is 11.4 Å². The summed E-state index contributed by atoms with van der Waals surface area (Å²) in [5.74, 6) is 0. The summed E-state index contributed by atoms with van der Waals surface area (Å²) in [6, 6.07) is 0. The fourth-order valence-electron chi connectivity index (χ4n) is 0. The maximum absolute atomic E-state index is 2.32. The molecule has 0 heterocycles. The molecule has 0 unspecified atom stereocenters. The molecule has 0 aromatic rings. The summed E-state index contributed by atoms with van der Waals surface area (Å²) >= 11 is 1.99. The van der Waals surface area contributed by atoms with Gasteiger partial charge in [-0.15, -0.1) is 11.4 Å². The molecule has 0 saturated heterocycles. The zero-order valence-corrected chi connectivity index (χ0v) is 6.57. The summed E-state index contributed by atoms with van der Waals surface area (Å²) in [6.07, 6.45) is 2.17. The first-order valence-corrected chi connectivity index (χ1v) is 6.89. The highest BCUT2D eigenvalue weighted by molar-refractivity contribution is 8.61. The molecule has 0 spiro atoms. The average molecular weight is 123 g/mol. The van der Waals surface area contributed by atoms with Crippen molar-refractivity contribution in [2.75, 3.05) is 26.3 Å². The van der Waals surface area contributed by atoms with E-state index in [0.29, 0.717) is 0 Å². The van der Waals surface area contributed by atoms with Gasteiger partial charge < -0.3 is 0 Å². The van der Waals surface area contributed by atoms with Gasteiger partial charge in [-0.2, -0.15) is 0 Å². The van der Waals surface area contributed by atoms with E-state index in [2.05, 4.69) is 26.3 Å². The van der Waals surface area contributed by atoms with Crippen LogP contribution in [0.3, 0.4) is 0 Å². The van der Waals surface area contributed by atoms with E-state index >= 15 is 0 Å². The van der Waals surface area contributed by atoms with Gasteiger partial charge in [-0.3, -0.25) is 0 Å². The Morgan fingerprint density at radius 2 is 1.33 bits per heavy atom. The lowest BCUT2D eigenvalue weighted by Gasteiger charge is -2.15. The molecule has 39 valence electrons. The fraction of sp³-hybridized carbons (Fsp3) is 1.00. The minimum absolute atomic E-state index is 0.480. The molecule has 2 heteroatoms. The summed E-state index contributed by atoms with van der Waals surface area (Å²) in [5.41, 5.74) is 0. The maximum Gasteiger partial charge on any atom is -0.0146 e. The van der Waals surface area contributed by atoms with Gasteiger partial charge in [0.15, 0.2) is 0 Å². The van der Waals surface area contributed by atoms with Crippen LogP contribution in [0.1, 0.15) is 0 Å². The number of hydrogen-bond donors (Lipinski definition) is 0. The van der Waals surface area contributed by atoms with Crippen LogP contribution in [-0.4, -0.2) is 26.3 Å². The molecule has 0 fully saturated rings. The van der Waals surface area contributed by atoms with Crippen LogP contribution < -0.4 is 0 Å². The first-order chi connectivity index (χ1) is 2.56. The summed E-state index contributed by atoms with van der Waals surface area (Å²) in [4.78, 5) is 0. The lowest BCUT2D eigenvalue weighted by Crippen LogP contribution is -1.71. The molecule has 0 rings (SSSR count). The lowest BCUT2D eigenvalue weighted by molar-refractivity contribution is 2.10. The highest BCUT2D eigenvalue weighted by atomic mass is 32.7. The van der Waals surface area contributed by atoms with Crippen molar-refractivity contribution in [1.29, 1.82) is 0 Å². The van der Waals surface area contributed by atoms with E-state index < -0.39 is 6.46 Å². The second-order valence-electron chi connectivity index (χ2n) is 2.07. The molecule has 0 aromatic carbocycles. The normalized spacial score (nSPS) is 12.0. The summed E-state index contributed by atoms with van der Waals surface area (Å²) in [6.45, 7) is 6.47. The lowest BCUT2D eigenvalue weighted by atomic mass is 11.9. The van der Waals surface area contributed by atoms with Gasteiger partial charge in [0.2, 0.25) is 0 Å². The first kappa shape index (κ1) is 6.78. The molecule has 0 N–H and O–H groups in total. The van der Waals surface area contributed by atoms with Crippen LogP contribution in [0.4, 0.5) is 0 Å². The molecule has 0 aromatic heterocycles. The molecule has 0 nitrogen and oxygen atoms in total. The van der Waals surface area contributed by atoms with Crippen LogP contribution in [0.25, 0.3) is 0 Å². The van der Waals surface area contributed by atoms with Gasteiger partial charge in [0.1, 0.15) is 0 Å². The quantitative estimate of drug-likeness (QED) is 0.481. The number of hydrogen-bond acceptors (Lipinski definition) is 1. The van der Waals surface area contributed by atoms with E-state index in [-0.39, 0.29) is 0 Å². The van der Waals surface area contributed by atoms with E-state index in [1.54, 1.807) is 0 Å². The first-order valence-electron chi connectivity index (χ1n) is 1.93. The molecule has 0 amide bonds. The predicted octanol–water partition coefficient (Wildman–Crippen LogP) is 2.17. The van der Waals surface area contributed by atoms with Gasteiger partial charge in [-0.1, -0.05) is 6.46 Å². The van der Waals surface area contributed by atoms with Crippen LogP contribution in [0, 0.1) is 0 Å². The predicted molar refractivity (Wildman–Crippen MR) is 38.2 cm³/mol. The van der Waals surface area contributed by atoms with Crippen molar-refractivity contribution in [1.82, 2.24) is 0 Å². The van der Waals surface area contributed by atoms with Gasteiger partial charge in [-0.25, -0.2) is 0 Å². The maximum atomic E-state index is 2.32. The van der Waals surface area contributed by atoms with Crippen molar-refractivity contribution in [3.05, 3.63) is 0 Å². The molecule has 0 aliphatic heterocycles. The molecule has 0 saturated carbocycles. The molecule has 0 atom stereocenters. The van der Waals surface area contributed by atoms with Gasteiger partial charge >= 0.3 is 0 Å². The Balaban J connectivity index is 3.17. The Morgan fingerprint density at radius 1 is 1.17 bits per heavy atom. The molecule has 0 aliphatic rings. The largest absolute Gasteiger partial charge is 0.143 e. The van der Waals surface area contributed by atoms with Crippen LogP contribution in [-0.2, 0) is 0 Å². The third kappa shape index (κ3) is 4.78. The Morgan fingerprint density at radius 3 is 1.33 bits per heavy atom. The standard InChI is InChI=1S/C4H12PS/c1-5(2,3)6-4/h1-4H3. The Kier molecular flexibility index (Phi) is 2.47.